The third-order valence-corrected chi connectivity index (χ3v) is 7.37. The zero-order valence-corrected chi connectivity index (χ0v) is 17.9. The monoisotopic (exact) mass is 415 g/mol. The van der Waals surface area contributed by atoms with Crippen molar-refractivity contribution < 1.29 is 4.79 Å². The molecule has 2 aromatic heterocycles. The first-order valence-electron chi connectivity index (χ1n) is 11.7. The highest BCUT2D eigenvalue weighted by molar-refractivity contribution is 5.80. The van der Waals surface area contributed by atoms with Gasteiger partial charge in [0.25, 0.3) is 0 Å². The normalized spacial score (nSPS) is 22.8. The minimum absolute atomic E-state index is 0.0144. The molecule has 3 aliphatic rings. The van der Waals surface area contributed by atoms with Crippen LogP contribution in [0.3, 0.4) is 0 Å². The number of hydrogen-bond donors (Lipinski definition) is 1. The van der Waals surface area contributed by atoms with E-state index in [9.17, 15) is 4.79 Å². The number of fused-ring (bicyclic) bond motifs is 1. The van der Waals surface area contributed by atoms with Gasteiger partial charge in [-0.2, -0.15) is 0 Å². The van der Waals surface area contributed by atoms with E-state index in [2.05, 4.69) is 57.2 Å². The SMILES string of the molecule is O=C(C1CCCN(c2ccc3[nH]c(C4(c5ccccc5)CC4)nc3n2)C1)N1CCCC1. The van der Waals surface area contributed by atoms with Crippen molar-refractivity contribution in [3.63, 3.8) is 0 Å². The molecule has 0 bridgehead atoms. The number of likely N-dealkylation sites (tertiary alicyclic amines) is 1. The molecule has 1 aliphatic carbocycles. The predicted molar refractivity (Wildman–Crippen MR) is 121 cm³/mol. The molecule has 1 amide bonds. The number of benzene rings is 1. The van der Waals surface area contributed by atoms with Gasteiger partial charge in [-0.15, -0.1) is 0 Å². The molecule has 3 aromatic rings. The van der Waals surface area contributed by atoms with Crippen LogP contribution >= 0.6 is 0 Å². The van der Waals surface area contributed by atoms with Crippen molar-refractivity contribution in [1.82, 2.24) is 19.9 Å². The summed E-state index contributed by atoms with van der Waals surface area (Å²) in [5.74, 6) is 2.39. The molecule has 1 unspecified atom stereocenters. The first-order chi connectivity index (χ1) is 15.2. The van der Waals surface area contributed by atoms with Gasteiger partial charge in [0.15, 0.2) is 5.65 Å². The van der Waals surface area contributed by atoms with Crippen LogP contribution in [-0.4, -0.2) is 51.9 Å². The first kappa shape index (κ1) is 18.8. The highest BCUT2D eigenvalue weighted by atomic mass is 16.2. The van der Waals surface area contributed by atoms with Gasteiger partial charge in [0.1, 0.15) is 11.6 Å². The Morgan fingerprint density at radius 1 is 0.968 bits per heavy atom. The van der Waals surface area contributed by atoms with Crippen molar-refractivity contribution in [1.29, 1.82) is 0 Å². The van der Waals surface area contributed by atoms with Gasteiger partial charge in [-0.3, -0.25) is 4.79 Å². The van der Waals surface area contributed by atoms with E-state index in [1.165, 1.54) is 5.56 Å². The number of aromatic nitrogens is 3. The second kappa shape index (κ2) is 7.36. The minimum Gasteiger partial charge on any atom is -0.356 e. The van der Waals surface area contributed by atoms with Crippen molar-refractivity contribution in [3.05, 3.63) is 53.9 Å². The fourth-order valence-corrected chi connectivity index (χ4v) is 5.41. The van der Waals surface area contributed by atoms with Gasteiger partial charge in [0.05, 0.1) is 16.8 Å². The number of anilines is 1. The molecule has 1 N–H and O–H groups in total. The van der Waals surface area contributed by atoms with Crippen molar-refractivity contribution in [3.8, 4) is 0 Å². The smallest absolute Gasteiger partial charge is 0.227 e. The predicted octanol–water partition coefficient (Wildman–Crippen LogP) is 3.88. The number of nitrogens with one attached hydrogen (secondary N) is 1. The fraction of sp³-hybridized carbons (Fsp3) is 0.480. The summed E-state index contributed by atoms with van der Waals surface area (Å²) in [7, 11) is 0. The molecule has 6 rings (SSSR count). The van der Waals surface area contributed by atoms with E-state index in [0.29, 0.717) is 5.91 Å². The number of carbonyl (C=O) groups excluding carboxylic acids is 1. The van der Waals surface area contributed by atoms with Gasteiger partial charge in [-0.05, 0) is 56.2 Å². The van der Waals surface area contributed by atoms with Gasteiger partial charge in [-0.25, -0.2) is 9.97 Å². The van der Waals surface area contributed by atoms with E-state index in [-0.39, 0.29) is 11.3 Å². The molecule has 2 aliphatic heterocycles. The molecule has 4 heterocycles. The highest BCUT2D eigenvalue weighted by Gasteiger charge is 2.48. The largest absolute Gasteiger partial charge is 0.356 e. The van der Waals surface area contributed by atoms with Crippen LogP contribution in [0.2, 0.25) is 0 Å². The van der Waals surface area contributed by atoms with Crippen molar-refractivity contribution in [2.45, 2.75) is 43.9 Å². The summed E-state index contributed by atoms with van der Waals surface area (Å²) in [6.07, 6.45) is 6.55. The van der Waals surface area contributed by atoms with Crippen LogP contribution in [0.1, 0.15) is 49.9 Å². The van der Waals surface area contributed by atoms with Crippen LogP contribution in [0.4, 0.5) is 5.82 Å². The third kappa shape index (κ3) is 3.29. The average molecular weight is 416 g/mol. The fourth-order valence-electron chi connectivity index (χ4n) is 5.41. The van der Waals surface area contributed by atoms with Crippen molar-refractivity contribution >= 4 is 22.9 Å². The van der Waals surface area contributed by atoms with Crippen LogP contribution < -0.4 is 4.90 Å². The summed E-state index contributed by atoms with van der Waals surface area (Å²) in [6.45, 7) is 3.57. The number of aromatic amines is 1. The second-order valence-electron chi connectivity index (χ2n) is 9.39. The average Bonchev–Trinajstić information content (AvgIpc) is 3.24. The Balaban J connectivity index is 1.25. The zero-order chi connectivity index (χ0) is 20.8. The van der Waals surface area contributed by atoms with E-state index in [0.717, 1.165) is 87.5 Å². The molecule has 0 radical (unpaired) electrons. The number of hydrogen-bond acceptors (Lipinski definition) is 4. The van der Waals surface area contributed by atoms with Gasteiger partial charge in [-0.1, -0.05) is 30.3 Å². The molecule has 3 fully saturated rings. The first-order valence-corrected chi connectivity index (χ1v) is 11.7. The van der Waals surface area contributed by atoms with Crippen LogP contribution in [0.15, 0.2) is 42.5 Å². The Morgan fingerprint density at radius 3 is 2.55 bits per heavy atom. The van der Waals surface area contributed by atoms with E-state index >= 15 is 0 Å². The minimum atomic E-state index is 0.0144. The van der Waals surface area contributed by atoms with E-state index in [1.807, 2.05) is 0 Å². The Hall–Kier alpha value is -2.89. The Kier molecular flexibility index (Phi) is 4.47. The maximum Gasteiger partial charge on any atom is 0.227 e. The van der Waals surface area contributed by atoms with Crippen LogP contribution in [-0.2, 0) is 10.2 Å². The number of rotatable bonds is 4. The molecular weight excluding hydrogens is 386 g/mol. The molecule has 6 heteroatoms. The van der Waals surface area contributed by atoms with Crippen molar-refractivity contribution in [2.75, 3.05) is 31.1 Å². The van der Waals surface area contributed by atoms with Crippen LogP contribution in [0.25, 0.3) is 11.2 Å². The molecule has 1 atom stereocenters. The number of carbonyl (C=O) groups is 1. The quantitative estimate of drug-likeness (QED) is 0.702. The highest BCUT2D eigenvalue weighted by Crippen LogP contribution is 2.52. The lowest BCUT2D eigenvalue weighted by Gasteiger charge is -2.34. The Labute approximate surface area is 182 Å². The van der Waals surface area contributed by atoms with Gasteiger partial charge in [0, 0.05) is 26.2 Å². The summed E-state index contributed by atoms with van der Waals surface area (Å²) in [5, 5.41) is 0. The lowest BCUT2D eigenvalue weighted by molar-refractivity contribution is -0.134. The molecule has 160 valence electrons. The van der Waals surface area contributed by atoms with Gasteiger partial charge >= 0.3 is 0 Å². The molecule has 1 saturated carbocycles. The van der Waals surface area contributed by atoms with E-state index < -0.39 is 0 Å². The Morgan fingerprint density at radius 2 is 1.77 bits per heavy atom. The summed E-state index contributed by atoms with van der Waals surface area (Å²) < 4.78 is 0. The summed E-state index contributed by atoms with van der Waals surface area (Å²) in [6, 6.07) is 14.8. The number of pyridine rings is 1. The zero-order valence-electron chi connectivity index (χ0n) is 17.9. The van der Waals surface area contributed by atoms with Gasteiger partial charge in [0.2, 0.25) is 5.91 Å². The summed E-state index contributed by atoms with van der Waals surface area (Å²) >= 11 is 0. The second-order valence-corrected chi connectivity index (χ2v) is 9.39. The Bertz CT molecular complexity index is 1100. The molecule has 6 nitrogen and oxygen atoms in total. The molecular formula is C25H29N5O. The number of H-pyrrole nitrogens is 1. The molecule has 0 spiro atoms. The molecule has 31 heavy (non-hydrogen) atoms. The molecule has 1 aromatic carbocycles. The van der Waals surface area contributed by atoms with Gasteiger partial charge < -0.3 is 14.8 Å². The summed E-state index contributed by atoms with van der Waals surface area (Å²) in [4.78, 5) is 30.6. The lowest BCUT2D eigenvalue weighted by Crippen LogP contribution is -2.44. The topological polar surface area (TPSA) is 65.1 Å². The number of piperidine rings is 1. The lowest BCUT2D eigenvalue weighted by atomic mass is 9.95. The van der Waals surface area contributed by atoms with E-state index in [4.69, 9.17) is 9.97 Å². The number of imidazole rings is 1. The maximum atomic E-state index is 12.9. The van der Waals surface area contributed by atoms with Crippen molar-refractivity contribution in [2.24, 2.45) is 5.92 Å². The maximum absolute atomic E-state index is 12.9. The molecule has 2 saturated heterocycles. The third-order valence-electron chi connectivity index (χ3n) is 7.37. The number of nitrogens with zero attached hydrogens (tertiary/aromatic N) is 4. The van der Waals surface area contributed by atoms with E-state index in [1.54, 1.807) is 0 Å². The number of amides is 1. The van der Waals surface area contributed by atoms with Crippen LogP contribution in [0, 0.1) is 5.92 Å². The summed E-state index contributed by atoms with van der Waals surface area (Å²) in [5.41, 5.74) is 3.11. The van der Waals surface area contributed by atoms with Crippen LogP contribution in [0.5, 0.6) is 0 Å². The standard InChI is InChI=1S/C25H29N5O/c31-23(29-14-4-5-15-29)18-7-6-16-30(17-18)21-11-10-20-22(27-21)28-24(26-20)25(12-13-25)19-8-2-1-3-9-19/h1-3,8-11,18H,4-7,12-17H2,(H,26,27,28).